The lowest BCUT2D eigenvalue weighted by molar-refractivity contribution is 0.434. The lowest BCUT2D eigenvalue weighted by Crippen LogP contribution is -2.40. The first-order valence-electron chi connectivity index (χ1n) is 6.83. The molecule has 1 unspecified atom stereocenters. The Bertz CT molecular complexity index is 472. The van der Waals surface area contributed by atoms with Crippen molar-refractivity contribution < 1.29 is 8.42 Å². The second kappa shape index (κ2) is 8.09. The van der Waals surface area contributed by atoms with Crippen LogP contribution < -0.4 is 10.0 Å². The van der Waals surface area contributed by atoms with Gasteiger partial charge in [-0.2, -0.15) is 17.4 Å². The lowest BCUT2D eigenvalue weighted by Gasteiger charge is -2.21. The zero-order valence-corrected chi connectivity index (χ0v) is 14.2. The number of rotatable bonds is 9. The van der Waals surface area contributed by atoms with Crippen molar-refractivity contribution in [1.29, 1.82) is 0 Å². The molecule has 7 heteroatoms. The average molecular weight is 319 g/mol. The Morgan fingerprint density at radius 1 is 1.35 bits per heavy atom. The Morgan fingerprint density at radius 2 is 2.05 bits per heavy atom. The zero-order chi connectivity index (χ0) is 15.2. The Morgan fingerprint density at radius 3 is 2.60 bits per heavy atom. The highest BCUT2D eigenvalue weighted by atomic mass is 32.2. The molecular formula is C13H25N3O2S2. The molecule has 5 nitrogen and oxygen atoms in total. The zero-order valence-electron chi connectivity index (χ0n) is 12.6. The van der Waals surface area contributed by atoms with Crippen molar-refractivity contribution in [2.45, 2.75) is 39.3 Å². The van der Waals surface area contributed by atoms with Crippen molar-refractivity contribution in [2.75, 3.05) is 20.1 Å². The van der Waals surface area contributed by atoms with Crippen LogP contribution in [-0.4, -0.2) is 38.9 Å². The predicted octanol–water partition coefficient (Wildman–Crippen LogP) is 1.96. The van der Waals surface area contributed by atoms with E-state index in [0.29, 0.717) is 12.6 Å². The van der Waals surface area contributed by atoms with E-state index in [-0.39, 0.29) is 6.04 Å². The lowest BCUT2D eigenvalue weighted by atomic mass is 10.3. The molecule has 1 rings (SSSR count). The van der Waals surface area contributed by atoms with Crippen molar-refractivity contribution in [3.63, 3.8) is 0 Å². The van der Waals surface area contributed by atoms with Crippen LogP contribution in [0.15, 0.2) is 17.5 Å². The first kappa shape index (κ1) is 17.6. The molecule has 20 heavy (non-hydrogen) atoms. The van der Waals surface area contributed by atoms with Crippen LogP contribution in [0.4, 0.5) is 0 Å². The monoisotopic (exact) mass is 319 g/mol. The van der Waals surface area contributed by atoms with Gasteiger partial charge < -0.3 is 5.32 Å². The van der Waals surface area contributed by atoms with E-state index in [2.05, 4.69) is 23.9 Å². The van der Waals surface area contributed by atoms with Gasteiger partial charge in [-0.25, -0.2) is 0 Å². The Hall–Kier alpha value is -0.470. The highest BCUT2D eigenvalue weighted by Gasteiger charge is 2.20. The summed E-state index contributed by atoms with van der Waals surface area (Å²) in [6.45, 7) is 7.33. The number of hydrogen-bond acceptors (Lipinski definition) is 4. The summed E-state index contributed by atoms with van der Waals surface area (Å²) in [4.78, 5) is 1.02. The average Bonchev–Trinajstić information content (AvgIpc) is 2.87. The predicted molar refractivity (Wildman–Crippen MR) is 85.2 cm³/mol. The minimum absolute atomic E-state index is 0.198. The molecule has 116 valence electrons. The first-order valence-corrected chi connectivity index (χ1v) is 9.15. The molecule has 1 atom stereocenters. The van der Waals surface area contributed by atoms with Crippen LogP contribution in [0.1, 0.15) is 38.1 Å². The molecule has 2 N–H and O–H groups in total. The number of hydrogen-bond donors (Lipinski definition) is 2. The van der Waals surface area contributed by atoms with Gasteiger partial charge in [0.05, 0.1) is 6.04 Å². The van der Waals surface area contributed by atoms with Crippen LogP contribution in [0.25, 0.3) is 0 Å². The summed E-state index contributed by atoms with van der Waals surface area (Å²) in [5.41, 5.74) is 0. The standard InChI is InChI=1S/C13H25N3O2S2/c1-11(2)14-8-6-9-16(4)20(17,18)15-12(3)13-7-5-10-19-13/h5,7,10-12,14-15H,6,8-9H2,1-4H3. The fraction of sp³-hybridized carbons (Fsp3) is 0.692. The molecule has 0 spiro atoms. The quantitative estimate of drug-likeness (QED) is 0.684. The second-order valence-electron chi connectivity index (χ2n) is 5.14. The van der Waals surface area contributed by atoms with Crippen LogP contribution >= 0.6 is 11.3 Å². The summed E-state index contributed by atoms with van der Waals surface area (Å²) < 4.78 is 28.4. The van der Waals surface area contributed by atoms with Crippen molar-refractivity contribution >= 4 is 21.5 Å². The Labute approximate surface area is 126 Å². The van der Waals surface area contributed by atoms with Gasteiger partial charge >= 0.3 is 0 Å². The van der Waals surface area contributed by atoms with E-state index in [1.165, 1.54) is 4.31 Å². The van der Waals surface area contributed by atoms with Gasteiger partial charge in [-0.3, -0.25) is 0 Å². The molecule has 1 aromatic heterocycles. The van der Waals surface area contributed by atoms with E-state index in [4.69, 9.17) is 0 Å². The highest BCUT2D eigenvalue weighted by Crippen LogP contribution is 2.19. The molecule has 0 fully saturated rings. The maximum Gasteiger partial charge on any atom is 0.279 e. The maximum atomic E-state index is 12.2. The Balaban J connectivity index is 2.43. The molecule has 0 amide bonds. The molecule has 1 heterocycles. The van der Waals surface area contributed by atoms with Crippen molar-refractivity contribution in [1.82, 2.24) is 14.3 Å². The van der Waals surface area contributed by atoms with Crippen LogP contribution in [0.2, 0.25) is 0 Å². The third kappa shape index (κ3) is 5.88. The summed E-state index contributed by atoms with van der Waals surface area (Å²) in [6.07, 6.45) is 0.795. The molecular weight excluding hydrogens is 294 g/mol. The van der Waals surface area contributed by atoms with Gasteiger partial charge in [0.25, 0.3) is 10.2 Å². The molecule has 0 aliphatic rings. The number of thiophene rings is 1. The minimum atomic E-state index is -3.42. The molecule has 0 saturated carbocycles. The normalized spacial score (nSPS) is 14.1. The molecule has 0 aliphatic carbocycles. The summed E-state index contributed by atoms with van der Waals surface area (Å²) in [5.74, 6) is 0. The van der Waals surface area contributed by atoms with Crippen LogP contribution in [-0.2, 0) is 10.2 Å². The van der Waals surface area contributed by atoms with Gasteiger partial charge in [0.15, 0.2) is 0 Å². The molecule has 1 aromatic rings. The van der Waals surface area contributed by atoms with E-state index in [1.807, 2.05) is 24.4 Å². The minimum Gasteiger partial charge on any atom is -0.314 e. The Kier molecular flexibility index (Phi) is 7.11. The van der Waals surface area contributed by atoms with Gasteiger partial charge in [-0.15, -0.1) is 11.3 Å². The SMILES string of the molecule is CC(C)NCCCN(C)S(=O)(=O)NC(C)c1cccs1. The molecule has 0 aliphatic heterocycles. The molecule has 0 aromatic carbocycles. The second-order valence-corrected chi connectivity index (χ2v) is 7.93. The first-order chi connectivity index (χ1) is 9.33. The highest BCUT2D eigenvalue weighted by molar-refractivity contribution is 7.87. The third-order valence-electron chi connectivity index (χ3n) is 2.91. The fourth-order valence-electron chi connectivity index (χ4n) is 1.72. The van der Waals surface area contributed by atoms with Gasteiger partial charge in [-0.05, 0) is 31.3 Å². The molecule has 0 saturated heterocycles. The summed E-state index contributed by atoms with van der Waals surface area (Å²) in [5, 5.41) is 5.22. The smallest absolute Gasteiger partial charge is 0.279 e. The van der Waals surface area contributed by atoms with E-state index < -0.39 is 10.2 Å². The topological polar surface area (TPSA) is 61.4 Å². The number of nitrogens with one attached hydrogen (secondary N) is 2. The van der Waals surface area contributed by atoms with E-state index >= 15 is 0 Å². The van der Waals surface area contributed by atoms with Gasteiger partial charge in [0.2, 0.25) is 0 Å². The summed E-state index contributed by atoms with van der Waals surface area (Å²) in [6, 6.07) is 4.08. The third-order valence-corrected chi connectivity index (χ3v) is 5.62. The van der Waals surface area contributed by atoms with Crippen LogP contribution in [0, 0.1) is 0 Å². The van der Waals surface area contributed by atoms with Crippen LogP contribution in [0.3, 0.4) is 0 Å². The van der Waals surface area contributed by atoms with Gasteiger partial charge in [0.1, 0.15) is 0 Å². The number of nitrogens with zero attached hydrogens (tertiary/aromatic N) is 1. The van der Waals surface area contributed by atoms with E-state index in [0.717, 1.165) is 17.8 Å². The fourth-order valence-corrected chi connectivity index (χ4v) is 3.65. The van der Waals surface area contributed by atoms with Gasteiger partial charge in [-0.1, -0.05) is 19.9 Å². The largest absolute Gasteiger partial charge is 0.314 e. The summed E-state index contributed by atoms with van der Waals surface area (Å²) >= 11 is 1.55. The van der Waals surface area contributed by atoms with Crippen molar-refractivity contribution in [3.8, 4) is 0 Å². The van der Waals surface area contributed by atoms with Crippen LogP contribution in [0.5, 0.6) is 0 Å². The van der Waals surface area contributed by atoms with E-state index in [9.17, 15) is 8.42 Å². The van der Waals surface area contributed by atoms with Crippen molar-refractivity contribution in [3.05, 3.63) is 22.4 Å². The molecule has 0 bridgehead atoms. The van der Waals surface area contributed by atoms with E-state index in [1.54, 1.807) is 18.4 Å². The maximum absolute atomic E-state index is 12.2. The van der Waals surface area contributed by atoms with Crippen molar-refractivity contribution in [2.24, 2.45) is 0 Å². The molecule has 0 radical (unpaired) electrons. The summed E-state index contributed by atoms with van der Waals surface area (Å²) in [7, 11) is -1.81. The van der Waals surface area contributed by atoms with Gasteiger partial charge in [0, 0.05) is 24.5 Å².